The van der Waals surface area contributed by atoms with Gasteiger partial charge in [-0.1, -0.05) is 0 Å². The first-order chi connectivity index (χ1) is 6.47. The van der Waals surface area contributed by atoms with Gasteiger partial charge >= 0.3 is 0 Å². The quantitative estimate of drug-likeness (QED) is 0.833. The standard InChI is InChI=1S/C10H18N2OS/c1-7-8(2)14-9(12-7)10(3,11)5-6-13-4/h5-6,11H2,1-4H3. The van der Waals surface area contributed by atoms with Gasteiger partial charge in [-0.05, 0) is 27.2 Å². The third kappa shape index (κ3) is 2.53. The van der Waals surface area contributed by atoms with Crippen molar-refractivity contribution in [3.63, 3.8) is 0 Å². The van der Waals surface area contributed by atoms with Gasteiger partial charge in [0, 0.05) is 18.6 Å². The molecule has 0 aromatic carbocycles. The van der Waals surface area contributed by atoms with Gasteiger partial charge in [0.1, 0.15) is 5.01 Å². The van der Waals surface area contributed by atoms with E-state index in [0.29, 0.717) is 6.61 Å². The van der Waals surface area contributed by atoms with Gasteiger partial charge in [0.25, 0.3) is 0 Å². The van der Waals surface area contributed by atoms with E-state index in [4.69, 9.17) is 10.5 Å². The predicted octanol–water partition coefficient (Wildman–Crippen LogP) is 1.97. The van der Waals surface area contributed by atoms with Crippen molar-refractivity contribution in [3.8, 4) is 0 Å². The van der Waals surface area contributed by atoms with Crippen LogP contribution in [0.5, 0.6) is 0 Å². The highest BCUT2D eigenvalue weighted by Gasteiger charge is 2.25. The maximum atomic E-state index is 6.17. The van der Waals surface area contributed by atoms with Crippen molar-refractivity contribution in [2.24, 2.45) is 5.73 Å². The van der Waals surface area contributed by atoms with Crippen LogP contribution in [0.3, 0.4) is 0 Å². The monoisotopic (exact) mass is 214 g/mol. The first kappa shape index (κ1) is 11.6. The summed E-state index contributed by atoms with van der Waals surface area (Å²) in [6, 6.07) is 0. The third-order valence-electron chi connectivity index (χ3n) is 2.34. The van der Waals surface area contributed by atoms with E-state index in [0.717, 1.165) is 17.1 Å². The summed E-state index contributed by atoms with van der Waals surface area (Å²) >= 11 is 1.68. The average molecular weight is 214 g/mol. The van der Waals surface area contributed by atoms with E-state index in [1.807, 2.05) is 13.8 Å². The molecule has 0 spiro atoms. The van der Waals surface area contributed by atoms with Crippen LogP contribution in [0.4, 0.5) is 0 Å². The van der Waals surface area contributed by atoms with Crippen molar-refractivity contribution in [2.75, 3.05) is 13.7 Å². The van der Waals surface area contributed by atoms with Crippen molar-refractivity contribution in [2.45, 2.75) is 32.7 Å². The molecule has 0 aliphatic rings. The van der Waals surface area contributed by atoms with E-state index in [2.05, 4.69) is 11.9 Å². The highest BCUT2D eigenvalue weighted by Crippen LogP contribution is 2.27. The summed E-state index contributed by atoms with van der Waals surface area (Å²) < 4.78 is 5.03. The SMILES string of the molecule is COCCC(C)(N)c1nc(C)c(C)s1. The van der Waals surface area contributed by atoms with Crippen molar-refractivity contribution >= 4 is 11.3 Å². The third-order valence-corrected chi connectivity index (χ3v) is 3.70. The number of aromatic nitrogens is 1. The zero-order valence-electron chi connectivity index (χ0n) is 9.26. The number of nitrogens with zero attached hydrogens (tertiary/aromatic N) is 1. The summed E-state index contributed by atoms with van der Waals surface area (Å²) in [5.41, 5.74) is 6.90. The van der Waals surface area contributed by atoms with Crippen LogP contribution in [-0.4, -0.2) is 18.7 Å². The number of hydrogen-bond acceptors (Lipinski definition) is 4. The Morgan fingerprint density at radius 3 is 2.57 bits per heavy atom. The molecule has 4 heteroatoms. The summed E-state index contributed by atoms with van der Waals surface area (Å²) in [6.07, 6.45) is 0.801. The maximum absolute atomic E-state index is 6.17. The molecule has 1 heterocycles. The zero-order valence-corrected chi connectivity index (χ0v) is 10.1. The van der Waals surface area contributed by atoms with Gasteiger partial charge in [0.2, 0.25) is 0 Å². The van der Waals surface area contributed by atoms with E-state index >= 15 is 0 Å². The second-order valence-corrected chi connectivity index (χ2v) is 5.02. The molecule has 0 saturated carbocycles. The lowest BCUT2D eigenvalue weighted by Gasteiger charge is -2.21. The summed E-state index contributed by atoms with van der Waals surface area (Å²) in [5, 5.41) is 1.00. The van der Waals surface area contributed by atoms with Crippen LogP contribution in [0.15, 0.2) is 0 Å². The minimum absolute atomic E-state index is 0.361. The van der Waals surface area contributed by atoms with E-state index in [-0.39, 0.29) is 5.54 Å². The van der Waals surface area contributed by atoms with Crippen LogP contribution in [0.25, 0.3) is 0 Å². The van der Waals surface area contributed by atoms with Gasteiger partial charge < -0.3 is 10.5 Å². The number of aryl methyl sites for hydroxylation is 2. The molecule has 14 heavy (non-hydrogen) atoms. The van der Waals surface area contributed by atoms with E-state index in [9.17, 15) is 0 Å². The molecule has 2 N–H and O–H groups in total. The normalized spacial score (nSPS) is 15.5. The molecular weight excluding hydrogens is 196 g/mol. The van der Waals surface area contributed by atoms with Gasteiger partial charge in [-0.2, -0.15) is 0 Å². The molecule has 0 saturated heterocycles. The van der Waals surface area contributed by atoms with E-state index in [1.54, 1.807) is 18.4 Å². The van der Waals surface area contributed by atoms with E-state index < -0.39 is 0 Å². The summed E-state index contributed by atoms with van der Waals surface area (Å²) in [5.74, 6) is 0. The van der Waals surface area contributed by atoms with Crippen molar-refractivity contribution in [3.05, 3.63) is 15.6 Å². The van der Waals surface area contributed by atoms with Gasteiger partial charge in [-0.15, -0.1) is 11.3 Å². The minimum Gasteiger partial charge on any atom is -0.385 e. The lowest BCUT2D eigenvalue weighted by atomic mass is 10.0. The molecule has 1 atom stereocenters. The van der Waals surface area contributed by atoms with Gasteiger partial charge in [-0.25, -0.2) is 4.98 Å². The van der Waals surface area contributed by atoms with Crippen molar-refractivity contribution in [1.29, 1.82) is 0 Å². The Balaban J connectivity index is 2.80. The minimum atomic E-state index is -0.361. The molecule has 0 fully saturated rings. The Bertz CT molecular complexity index is 288. The molecule has 0 amide bonds. The number of thiazole rings is 1. The topological polar surface area (TPSA) is 48.1 Å². The second kappa shape index (κ2) is 4.38. The molecule has 1 aromatic heterocycles. The number of nitrogens with two attached hydrogens (primary N) is 1. The Kier molecular flexibility index (Phi) is 3.64. The number of methoxy groups -OCH3 is 1. The van der Waals surface area contributed by atoms with Crippen LogP contribution in [-0.2, 0) is 10.3 Å². The fourth-order valence-electron chi connectivity index (χ4n) is 1.14. The molecule has 1 aromatic rings. The number of hydrogen-bond donors (Lipinski definition) is 1. The van der Waals surface area contributed by atoms with Crippen LogP contribution >= 0.6 is 11.3 Å². The first-order valence-corrected chi connectivity index (χ1v) is 5.51. The van der Waals surface area contributed by atoms with E-state index in [1.165, 1.54) is 4.88 Å². The Labute approximate surface area is 89.3 Å². The van der Waals surface area contributed by atoms with Crippen LogP contribution in [0, 0.1) is 13.8 Å². The number of ether oxygens (including phenoxy) is 1. The first-order valence-electron chi connectivity index (χ1n) is 4.69. The Morgan fingerprint density at radius 2 is 2.14 bits per heavy atom. The molecule has 80 valence electrons. The average Bonchev–Trinajstić information content (AvgIpc) is 2.45. The molecule has 0 aliphatic carbocycles. The summed E-state index contributed by atoms with van der Waals surface area (Å²) in [4.78, 5) is 5.72. The Hall–Kier alpha value is -0.450. The fourth-order valence-corrected chi connectivity index (χ4v) is 2.14. The van der Waals surface area contributed by atoms with Crippen LogP contribution < -0.4 is 5.73 Å². The molecule has 0 radical (unpaired) electrons. The zero-order chi connectivity index (χ0) is 10.8. The van der Waals surface area contributed by atoms with Crippen molar-refractivity contribution in [1.82, 2.24) is 4.98 Å². The highest BCUT2D eigenvalue weighted by molar-refractivity contribution is 7.11. The summed E-state index contributed by atoms with van der Waals surface area (Å²) in [6.45, 7) is 6.76. The second-order valence-electron chi connectivity index (χ2n) is 3.82. The maximum Gasteiger partial charge on any atom is 0.113 e. The van der Waals surface area contributed by atoms with Gasteiger partial charge in [-0.3, -0.25) is 0 Å². The molecule has 0 bridgehead atoms. The largest absolute Gasteiger partial charge is 0.385 e. The molecular formula is C10H18N2OS. The van der Waals surface area contributed by atoms with Gasteiger partial charge in [0.05, 0.1) is 11.2 Å². The number of rotatable bonds is 4. The van der Waals surface area contributed by atoms with Gasteiger partial charge in [0.15, 0.2) is 0 Å². The van der Waals surface area contributed by atoms with Crippen LogP contribution in [0.2, 0.25) is 0 Å². The highest BCUT2D eigenvalue weighted by atomic mass is 32.1. The molecule has 0 aliphatic heterocycles. The smallest absolute Gasteiger partial charge is 0.113 e. The Morgan fingerprint density at radius 1 is 1.50 bits per heavy atom. The molecule has 3 nitrogen and oxygen atoms in total. The lowest BCUT2D eigenvalue weighted by Crippen LogP contribution is -2.34. The lowest BCUT2D eigenvalue weighted by molar-refractivity contribution is 0.172. The van der Waals surface area contributed by atoms with Crippen molar-refractivity contribution < 1.29 is 4.74 Å². The molecule has 1 unspecified atom stereocenters. The molecule has 1 rings (SSSR count). The summed E-state index contributed by atoms with van der Waals surface area (Å²) in [7, 11) is 1.69. The predicted molar refractivity (Wildman–Crippen MR) is 59.6 cm³/mol. The fraction of sp³-hybridized carbons (Fsp3) is 0.700. The van der Waals surface area contributed by atoms with Crippen LogP contribution in [0.1, 0.15) is 28.9 Å².